The molecule has 0 aliphatic heterocycles. The standard InChI is InChI=1S/C46H81O10P/c1-3-5-7-9-11-13-15-17-19-20-21-22-24-26-28-30-32-34-36-38-46(50)56-44(42-55-57(51,52)54-40-43(48)39-47)41-53-45(49)37-35-33-31-29-27-25-23-18-16-14-12-10-8-6-4-2/h5,7,11,13,17,19,21-22,26,28,43-44,47-48H,3-4,6,8-10,12,14-16,18,20,23-25,27,29-42H2,1-2H3,(H,51,52)/b7-5-,13-11-,19-17-,22-21-,28-26-. The number of carbonyl (C=O) groups is 2. The Morgan fingerprint density at radius 3 is 1.46 bits per heavy atom. The highest BCUT2D eigenvalue weighted by molar-refractivity contribution is 7.47. The van der Waals surface area contributed by atoms with Gasteiger partial charge in [-0.05, 0) is 57.8 Å². The summed E-state index contributed by atoms with van der Waals surface area (Å²) < 4.78 is 32.7. The van der Waals surface area contributed by atoms with Crippen molar-refractivity contribution in [1.29, 1.82) is 0 Å². The molecule has 0 aromatic rings. The number of aliphatic hydroxyl groups is 2. The SMILES string of the molecule is CC/C=C\C/C=C\C/C=C\C/C=C\C/C=C\CCCCCC(=O)OC(COC(=O)CCCCCCCCCCCCCCCCC)COP(=O)(O)OCC(O)CO. The number of esters is 2. The lowest BCUT2D eigenvalue weighted by atomic mass is 10.0. The first-order valence-corrected chi connectivity index (χ1v) is 23.7. The maximum atomic E-state index is 12.6. The molecule has 3 N–H and O–H groups in total. The second-order valence-corrected chi connectivity index (χ2v) is 16.2. The summed E-state index contributed by atoms with van der Waals surface area (Å²) in [5.74, 6) is -0.961. The van der Waals surface area contributed by atoms with Crippen LogP contribution in [0.25, 0.3) is 0 Å². The fraction of sp³-hybridized carbons (Fsp3) is 0.739. The number of allylic oxidation sites excluding steroid dienone is 10. The van der Waals surface area contributed by atoms with Crippen molar-refractivity contribution >= 4 is 19.8 Å². The second-order valence-electron chi connectivity index (χ2n) is 14.7. The fourth-order valence-electron chi connectivity index (χ4n) is 5.78. The molecule has 0 aliphatic rings. The topological polar surface area (TPSA) is 149 Å². The van der Waals surface area contributed by atoms with Crippen molar-refractivity contribution in [3.05, 3.63) is 60.8 Å². The first-order valence-electron chi connectivity index (χ1n) is 22.2. The Morgan fingerprint density at radius 2 is 0.965 bits per heavy atom. The molecule has 0 amide bonds. The van der Waals surface area contributed by atoms with E-state index in [4.69, 9.17) is 19.1 Å². The van der Waals surface area contributed by atoms with Crippen LogP contribution in [0, 0.1) is 0 Å². The number of rotatable bonds is 41. The smallest absolute Gasteiger partial charge is 0.462 e. The first kappa shape index (κ1) is 54.7. The van der Waals surface area contributed by atoms with Crippen LogP contribution in [0.4, 0.5) is 0 Å². The number of ether oxygens (including phenoxy) is 2. The summed E-state index contributed by atoms with van der Waals surface area (Å²) in [4.78, 5) is 35.0. The zero-order valence-corrected chi connectivity index (χ0v) is 36.7. The highest BCUT2D eigenvalue weighted by Gasteiger charge is 2.27. The van der Waals surface area contributed by atoms with Crippen LogP contribution in [0.15, 0.2) is 60.8 Å². The molecule has 57 heavy (non-hydrogen) atoms. The summed E-state index contributed by atoms with van der Waals surface area (Å²) in [6.07, 6.45) is 46.1. The van der Waals surface area contributed by atoms with Crippen molar-refractivity contribution in [1.82, 2.24) is 0 Å². The van der Waals surface area contributed by atoms with Gasteiger partial charge in [0.2, 0.25) is 0 Å². The molecule has 0 radical (unpaired) electrons. The number of phosphoric acid groups is 1. The van der Waals surface area contributed by atoms with E-state index in [1.165, 1.54) is 70.6 Å². The third kappa shape index (κ3) is 41.6. The molecule has 11 heteroatoms. The Kier molecular flexibility index (Phi) is 40.1. The predicted octanol–water partition coefficient (Wildman–Crippen LogP) is 11.9. The van der Waals surface area contributed by atoms with Crippen LogP contribution in [0.1, 0.15) is 181 Å². The third-order valence-electron chi connectivity index (χ3n) is 9.19. The number of carbonyl (C=O) groups excluding carboxylic acids is 2. The lowest BCUT2D eigenvalue weighted by Crippen LogP contribution is -2.29. The Hall–Kier alpha value is -2.33. The van der Waals surface area contributed by atoms with Gasteiger partial charge in [-0.1, -0.05) is 171 Å². The Morgan fingerprint density at radius 1 is 0.544 bits per heavy atom. The van der Waals surface area contributed by atoms with Gasteiger partial charge in [0.1, 0.15) is 12.7 Å². The number of hydrogen-bond donors (Lipinski definition) is 3. The summed E-state index contributed by atoms with van der Waals surface area (Å²) in [6, 6.07) is 0. The van der Waals surface area contributed by atoms with Gasteiger partial charge in [-0.3, -0.25) is 18.6 Å². The van der Waals surface area contributed by atoms with Gasteiger partial charge in [0, 0.05) is 12.8 Å². The molecule has 0 rings (SSSR count). The van der Waals surface area contributed by atoms with Crippen molar-refractivity contribution in [2.75, 3.05) is 26.4 Å². The molecule has 3 atom stereocenters. The van der Waals surface area contributed by atoms with Crippen LogP contribution in [-0.2, 0) is 32.7 Å². The van der Waals surface area contributed by atoms with Crippen molar-refractivity contribution in [2.24, 2.45) is 0 Å². The minimum Gasteiger partial charge on any atom is -0.462 e. The van der Waals surface area contributed by atoms with Gasteiger partial charge in [0.25, 0.3) is 0 Å². The summed E-state index contributed by atoms with van der Waals surface area (Å²) in [7, 11) is -4.63. The molecular weight excluding hydrogens is 743 g/mol. The van der Waals surface area contributed by atoms with Gasteiger partial charge in [-0.15, -0.1) is 0 Å². The molecule has 0 aromatic carbocycles. The number of hydrogen-bond acceptors (Lipinski definition) is 9. The van der Waals surface area contributed by atoms with Gasteiger partial charge < -0.3 is 24.6 Å². The van der Waals surface area contributed by atoms with Crippen LogP contribution in [0.2, 0.25) is 0 Å². The number of phosphoric ester groups is 1. The highest BCUT2D eigenvalue weighted by atomic mass is 31.2. The summed E-state index contributed by atoms with van der Waals surface area (Å²) >= 11 is 0. The lowest BCUT2D eigenvalue weighted by Gasteiger charge is -2.20. The monoisotopic (exact) mass is 825 g/mol. The average molecular weight is 825 g/mol. The summed E-state index contributed by atoms with van der Waals surface area (Å²) in [5.41, 5.74) is 0. The number of aliphatic hydroxyl groups excluding tert-OH is 2. The largest absolute Gasteiger partial charge is 0.472 e. The first-order chi connectivity index (χ1) is 27.7. The van der Waals surface area contributed by atoms with E-state index in [-0.39, 0.29) is 19.4 Å². The lowest BCUT2D eigenvalue weighted by molar-refractivity contribution is -0.161. The zero-order chi connectivity index (χ0) is 41.9. The maximum Gasteiger partial charge on any atom is 0.472 e. The highest BCUT2D eigenvalue weighted by Crippen LogP contribution is 2.43. The molecule has 0 bridgehead atoms. The van der Waals surface area contributed by atoms with E-state index in [1.807, 2.05) is 0 Å². The minimum absolute atomic E-state index is 0.144. The van der Waals surface area contributed by atoms with Crippen LogP contribution in [-0.4, -0.2) is 65.7 Å². The quantitative estimate of drug-likeness (QED) is 0.0235. The van der Waals surface area contributed by atoms with Gasteiger partial charge in [0.15, 0.2) is 6.10 Å². The van der Waals surface area contributed by atoms with Crippen molar-refractivity contribution < 1.29 is 47.8 Å². The number of unbranched alkanes of at least 4 members (excludes halogenated alkanes) is 17. The molecule has 0 heterocycles. The molecule has 0 saturated heterocycles. The molecule has 0 saturated carbocycles. The molecule has 0 fully saturated rings. The zero-order valence-electron chi connectivity index (χ0n) is 35.8. The van der Waals surface area contributed by atoms with Crippen LogP contribution >= 0.6 is 7.82 Å². The van der Waals surface area contributed by atoms with E-state index in [0.29, 0.717) is 12.8 Å². The van der Waals surface area contributed by atoms with Crippen molar-refractivity contribution in [3.63, 3.8) is 0 Å². The second kappa shape index (κ2) is 41.8. The molecular formula is C46H81O10P. The Labute approximate surface area is 346 Å². The normalized spacial score (nSPS) is 14.4. The summed E-state index contributed by atoms with van der Waals surface area (Å²) in [6.45, 7) is 2.23. The van der Waals surface area contributed by atoms with Crippen LogP contribution < -0.4 is 0 Å². The Bertz CT molecular complexity index is 1130. The van der Waals surface area contributed by atoms with Crippen LogP contribution in [0.3, 0.4) is 0 Å². The fourth-order valence-corrected chi connectivity index (χ4v) is 6.57. The maximum absolute atomic E-state index is 12.6. The summed E-state index contributed by atoms with van der Waals surface area (Å²) in [5, 5.41) is 18.3. The van der Waals surface area contributed by atoms with E-state index in [1.54, 1.807) is 0 Å². The average Bonchev–Trinajstić information content (AvgIpc) is 3.20. The molecule has 3 unspecified atom stereocenters. The van der Waals surface area contributed by atoms with Gasteiger partial charge in [-0.25, -0.2) is 4.57 Å². The van der Waals surface area contributed by atoms with E-state index in [2.05, 4.69) is 79.1 Å². The van der Waals surface area contributed by atoms with Gasteiger partial charge in [0.05, 0.1) is 19.8 Å². The molecule has 10 nitrogen and oxygen atoms in total. The minimum atomic E-state index is -4.63. The van der Waals surface area contributed by atoms with E-state index in [0.717, 1.165) is 70.6 Å². The van der Waals surface area contributed by atoms with Crippen molar-refractivity contribution in [3.8, 4) is 0 Å². The van der Waals surface area contributed by atoms with E-state index >= 15 is 0 Å². The van der Waals surface area contributed by atoms with E-state index < -0.39 is 51.8 Å². The predicted molar refractivity (Wildman–Crippen MR) is 233 cm³/mol. The molecule has 0 aromatic heterocycles. The molecule has 330 valence electrons. The van der Waals surface area contributed by atoms with E-state index in [9.17, 15) is 24.2 Å². The molecule has 0 spiro atoms. The van der Waals surface area contributed by atoms with Gasteiger partial charge >= 0.3 is 19.8 Å². The van der Waals surface area contributed by atoms with Crippen molar-refractivity contribution in [2.45, 2.75) is 193 Å². The third-order valence-corrected chi connectivity index (χ3v) is 10.1. The Balaban J connectivity index is 4.35. The van der Waals surface area contributed by atoms with Gasteiger partial charge in [-0.2, -0.15) is 0 Å². The van der Waals surface area contributed by atoms with Crippen LogP contribution in [0.5, 0.6) is 0 Å². The molecule has 0 aliphatic carbocycles.